The highest BCUT2D eigenvalue weighted by atomic mass is 35.5. The van der Waals surface area contributed by atoms with Gasteiger partial charge in [-0.3, -0.25) is 14.7 Å². The van der Waals surface area contributed by atoms with Crippen molar-refractivity contribution in [2.75, 3.05) is 44.2 Å². The number of hydrogen-bond donors (Lipinski definition) is 0. The minimum absolute atomic E-state index is 0.0452. The highest BCUT2D eigenvalue weighted by molar-refractivity contribution is 6.36. The molecule has 2 fully saturated rings. The summed E-state index contributed by atoms with van der Waals surface area (Å²) in [5.41, 5.74) is 0.152. The summed E-state index contributed by atoms with van der Waals surface area (Å²) in [5, 5.41) is 1.06. The average molecular weight is 678 g/mol. The SMILES string of the molecule is [C-]#[N+]C[C@H]1CN(c2nc(OC[C@@H]3C[C@@H](C)CN3C(C)C)nc3c(F)c(-c4cccc5ccc(F)c(Cl)c45)ncc23)CCN1C(=O)C(=C)F. The van der Waals surface area contributed by atoms with E-state index in [2.05, 4.69) is 47.1 Å². The van der Waals surface area contributed by atoms with Gasteiger partial charge in [0.05, 0.1) is 10.4 Å². The first-order valence-corrected chi connectivity index (χ1v) is 16.2. The van der Waals surface area contributed by atoms with Crippen LogP contribution < -0.4 is 9.64 Å². The Hall–Kier alpha value is -4.47. The summed E-state index contributed by atoms with van der Waals surface area (Å²) < 4.78 is 51.4. The highest BCUT2D eigenvalue weighted by Gasteiger charge is 2.36. The molecule has 2 aliphatic rings. The quantitative estimate of drug-likeness (QED) is 0.152. The van der Waals surface area contributed by atoms with E-state index in [1.807, 2.05) is 0 Å². The minimum Gasteiger partial charge on any atom is -0.462 e. The molecule has 9 nitrogen and oxygen atoms in total. The van der Waals surface area contributed by atoms with Crippen molar-refractivity contribution in [3.63, 3.8) is 0 Å². The fourth-order valence-electron chi connectivity index (χ4n) is 6.90. The van der Waals surface area contributed by atoms with Crippen molar-refractivity contribution in [2.24, 2.45) is 5.92 Å². The summed E-state index contributed by atoms with van der Waals surface area (Å²) >= 11 is 6.38. The number of pyridine rings is 1. The molecule has 48 heavy (non-hydrogen) atoms. The lowest BCUT2D eigenvalue weighted by Crippen LogP contribution is -2.56. The lowest BCUT2D eigenvalue weighted by Gasteiger charge is -2.39. The van der Waals surface area contributed by atoms with E-state index in [0.29, 0.717) is 34.1 Å². The fraction of sp³-hybridized carbons (Fsp3) is 0.400. The number of likely N-dealkylation sites (tertiary alicyclic amines) is 1. The second kappa shape index (κ2) is 13.6. The number of nitrogens with zero attached hydrogens (tertiary/aromatic N) is 7. The minimum atomic E-state index is -1.11. The topological polar surface area (TPSA) is 79.1 Å². The third-order valence-electron chi connectivity index (χ3n) is 9.15. The molecule has 0 bridgehead atoms. The number of benzene rings is 2. The predicted octanol–water partition coefficient (Wildman–Crippen LogP) is 6.69. The Labute approximate surface area is 281 Å². The van der Waals surface area contributed by atoms with Gasteiger partial charge < -0.3 is 19.4 Å². The zero-order chi connectivity index (χ0) is 34.3. The molecule has 2 aromatic carbocycles. The predicted molar refractivity (Wildman–Crippen MR) is 180 cm³/mol. The Balaban J connectivity index is 1.46. The maximum Gasteiger partial charge on any atom is 0.319 e. The molecule has 13 heteroatoms. The Kier molecular flexibility index (Phi) is 9.45. The summed E-state index contributed by atoms with van der Waals surface area (Å²) in [7, 11) is 0. The number of anilines is 1. The van der Waals surface area contributed by atoms with Crippen LogP contribution >= 0.6 is 11.6 Å². The van der Waals surface area contributed by atoms with Crippen LogP contribution in [-0.2, 0) is 4.79 Å². The van der Waals surface area contributed by atoms with E-state index in [9.17, 15) is 13.6 Å². The molecule has 2 aliphatic heterocycles. The van der Waals surface area contributed by atoms with Crippen molar-refractivity contribution in [2.45, 2.75) is 45.3 Å². The number of fused-ring (bicyclic) bond motifs is 2. The van der Waals surface area contributed by atoms with Crippen molar-refractivity contribution < 1.29 is 22.7 Å². The van der Waals surface area contributed by atoms with Gasteiger partial charge in [0, 0.05) is 55.4 Å². The number of rotatable bonds is 8. The van der Waals surface area contributed by atoms with Crippen LogP contribution in [0.4, 0.5) is 19.0 Å². The average Bonchev–Trinajstić information content (AvgIpc) is 3.45. The van der Waals surface area contributed by atoms with Gasteiger partial charge in [-0.25, -0.2) is 19.7 Å². The van der Waals surface area contributed by atoms with Gasteiger partial charge in [-0.05, 0) is 37.6 Å². The molecule has 0 saturated carbocycles. The van der Waals surface area contributed by atoms with E-state index in [0.717, 1.165) is 13.0 Å². The summed E-state index contributed by atoms with van der Waals surface area (Å²) in [6.45, 7) is 18.6. The molecule has 0 spiro atoms. The Morgan fingerprint density at radius 1 is 1.17 bits per heavy atom. The van der Waals surface area contributed by atoms with E-state index >= 15 is 4.39 Å². The Bertz CT molecular complexity index is 1950. The van der Waals surface area contributed by atoms with Crippen LogP contribution in [0.1, 0.15) is 27.2 Å². The second-order valence-electron chi connectivity index (χ2n) is 12.7. The summed E-state index contributed by atoms with van der Waals surface area (Å²) in [4.78, 5) is 35.2. The first kappa shape index (κ1) is 33.4. The molecule has 4 heterocycles. The van der Waals surface area contributed by atoms with Crippen LogP contribution in [0.2, 0.25) is 5.02 Å². The van der Waals surface area contributed by atoms with Crippen molar-refractivity contribution in [3.05, 3.63) is 77.0 Å². The number of piperazine rings is 1. The lowest BCUT2D eigenvalue weighted by atomic mass is 10.0. The zero-order valence-corrected chi connectivity index (χ0v) is 27.6. The van der Waals surface area contributed by atoms with Crippen LogP contribution in [-0.4, -0.2) is 88.1 Å². The fourth-order valence-corrected chi connectivity index (χ4v) is 7.18. The first-order chi connectivity index (χ1) is 23.0. The Morgan fingerprint density at radius 2 is 1.96 bits per heavy atom. The van der Waals surface area contributed by atoms with E-state index in [4.69, 9.17) is 27.9 Å². The number of amides is 1. The standard InChI is InChI=1S/C35H35ClF3N7O2/c1-19(2)46-16-20(3)13-23(46)18-48-35-42-32-26(33(43-35)44-11-12-45(34(47)21(4)37)24(17-44)14-40-5)15-41-31(30(32)39)25-8-6-7-22-9-10-27(38)29(36)28(22)25/h6-10,15,19-20,23-24H,4,11-14,16-18H2,1-3H3/t20-,23+,24+/m1/s1. The monoisotopic (exact) mass is 677 g/mol. The maximum absolute atomic E-state index is 16.7. The first-order valence-electron chi connectivity index (χ1n) is 15.8. The lowest BCUT2D eigenvalue weighted by molar-refractivity contribution is -0.131. The highest BCUT2D eigenvalue weighted by Crippen LogP contribution is 2.38. The third-order valence-corrected chi connectivity index (χ3v) is 9.51. The van der Waals surface area contributed by atoms with Gasteiger partial charge in [0.1, 0.15) is 35.5 Å². The van der Waals surface area contributed by atoms with E-state index in [-0.39, 0.29) is 66.5 Å². The van der Waals surface area contributed by atoms with E-state index < -0.39 is 29.4 Å². The smallest absolute Gasteiger partial charge is 0.319 e. The largest absolute Gasteiger partial charge is 0.462 e. The molecular weight excluding hydrogens is 643 g/mol. The number of ether oxygens (including phenoxy) is 1. The molecule has 2 saturated heterocycles. The van der Waals surface area contributed by atoms with Crippen LogP contribution in [0.25, 0.3) is 37.8 Å². The Morgan fingerprint density at radius 3 is 2.69 bits per heavy atom. The number of aromatic nitrogens is 3. The molecule has 4 aromatic rings. The van der Waals surface area contributed by atoms with Gasteiger partial charge in [-0.2, -0.15) is 9.97 Å². The molecule has 250 valence electrons. The van der Waals surface area contributed by atoms with Crippen LogP contribution in [0.3, 0.4) is 0 Å². The number of carbonyl (C=O) groups is 1. The summed E-state index contributed by atoms with van der Waals surface area (Å²) in [6.07, 6.45) is 2.37. The molecule has 0 N–H and O–H groups in total. The van der Waals surface area contributed by atoms with Crippen molar-refractivity contribution in [1.29, 1.82) is 0 Å². The van der Waals surface area contributed by atoms with Crippen LogP contribution in [0.5, 0.6) is 6.01 Å². The summed E-state index contributed by atoms with van der Waals surface area (Å²) in [6, 6.07) is 7.61. The third kappa shape index (κ3) is 6.24. The van der Waals surface area contributed by atoms with Gasteiger partial charge in [0.2, 0.25) is 6.54 Å². The van der Waals surface area contributed by atoms with Gasteiger partial charge in [-0.15, -0.1) is 0 Å². The molecule has 2 aromatic heterocycles. The number of halogens is 4. The van der Waals surface area contributed by atoms with E-state index in [1.54, 1.807) is 29.2 Å². The molecule has 6 rings (SSSR count). The number of carbonyl (C=O) groups excluding carboxylic acids is 1. The van der Waals surface area contributed by atoms with E-state index in [1.165, 1.54) is 17.2 Å². The zero-order valence-electron chi connectivity index (χ0n) is 26.9. The molecule has 1 amide bonds. The van der Waals surface area contributed by atoms with Crippen molar-refractivity contribution in [1.82, 2.24) is 24.8 Å². The molecule has 0 aliphatic carbocycles. The van der Waals surface area contributed by atoms with Crippen molar-refractivity contribution >= 4 is 45.0 Å². The maximum atomic E-state index is 16.7. The van der Waals surface area contributed by atoms with Crippen molar-refractivity contribution in [3.8, 4) is 17.3 Å². The molecule has 3 atom stereocenters. The van der Waals surface area contributed by atoms with Crippen LogP contribution in [0.15, 0.2) is 48.9 Å². The summed E-state index contributed by atoms with van der Waals surface area (Å²) in [5.74, 6) is -2.61. The normalized spacial score (nSPS) is 20.1. The van der Waals surface area contributed by atoms with Gasteiger partial charge >= 0.3 is 6.01 Å². The van der Waals surface area contributed by atoms with Gasteiger partial charge in [0.25, 0.3) is 5.91 Å². The number of hydrogen-bond acceptors (Lipinski definition) is 7. The molecule has 0 radical (unpaired) electrons. The molecule has 0 unspecified atom stereocenters. The van der Waals surface area contributed by atoms with Gasteiger partial charge in [-0.1, -0.05) is 49.4 Å². The van der Waals surface area contributed by atoms with Gasteiger partial charge in [0.15, 0.2) is 11.6 Å². The molecular formula is C35H35ClF3N7O2. The second-order valence-corrected chi connectivity index (χ2v) is 13.1. The van der Waals surface area contributed by atoms with Crippen LogP contribution in [0, 0.1) is 24.1 Å².